The number of hydrogen-bond donors (Lipinski definition) is 0. The first-order chi connectivity index (χ1) is 6.56. The van der Waals surface area contributed by atoms with E-state index >= 15 is 0 Å². The Morgan fingerprint density at radius 3 is 2.36 bits per heavy atom. The van der Waals surface area contributed by atoms with Crippen molar-refractivity contribution in [2.75, 3.05) is 6.54 Å². The zero-order chi connectivity index (χ0) is 10.7. The monoisotopic (exact) mass is 196 g/mol. The minimum absolute atomic E-state index is 0.611. The number of hydrogen-bond acceptors (Lipinski definition) is 2. The highest BCUT2D eigenvalue weighted by Gasteiger charge is 2.21. The lowest BCUT2D eigenvalue weighted by Crippen LogP contribution is -2.47. The van der Waals surface area contributed by atoms with E-state index in [4.69, 9.17) is 0 Å². The average molecular weight is 196 g/mol. The predicted octanol–water partition coefficient (Wildman–Crippen LogP) is 2.67. The molecule has 0 aliphatic carbocycles. The second kappa shape index (κ2) is 4.72. The van der Waals surface area contributed by atoms with Crippen molar-refractivity contribution < 1.29 is 0 Å². The SMILES string of the molecule is CCC(C)N1C=CN(C(C)C)[C@@H](C)C1. The maximum atomic E-state index is 2.45. The van der Waals surface area contributed by atoms with Gasteiger partial charge in [0.1, 0.15) is 0 Å². The summed E-state index contributed by atoms with van der Waals surface area (Å²) in [6.07, 6.45) is 5.71. The molecule has 1 heterocycles. The molecule has 0 spiro atoms. The molecule has 0 bridgehead atoms. The molecule has 2 heteroatoms. The molecule has 0 aromatic carbocycles. The topological polar surface area (TPSA) is 6.48 Å². The summed E-state index contributed by atoms with van der Waals surface area (Å²) in [7, 11) is 0. The Labute approximate surface area is 88.6 Å². The third-order valence-electron chi connectivity index (χ3n) is 3.17. The van der Waals surface area contributed by atoms with Crippen molar-refractivity contribution >= 4 is 0 Å². The van der Waals surface area contributed by atoms with Gasteiger partial charge in [0.15, 0.2) is 0 Å². The van der Waals surface area contributed by atoms with Crippen molar-refractivity contribution in [1.82, 2.24) is 9.80 Å². The number of nitrogens with zero attached hydrogens (tertiary/aromatic N) is 2. The van der Waals surface area contributed by atoms with Crippen LogP contribution in [0, 0.1) is 0 Å². The molecule has 0 aromatic heterocycles. The van der Waals surface area contributed by atoms with Crippen LogP contribution in [-0.4, -0.2) is 34.5 Å². The van der Waals surface area contributed by atoms with Crippen LogP contribution < -0.4 is 0 Å². The van der Waals surface area contributed by atoms with Gasteiger partial charge in [-0.25, -0.2) is 0 Å². The highest BCUT2D eigenvalue weighted by Crippen LogP contribution is 2.16. The highest BCUT2D eigenvalue weighted by molar-refractivity contribution is 4.96. The minimum atomic E-state index is 0.611. The van der Waals surface area contributed by atoms with Gasteiger partial charge < -0.3 is 9.80 Å². The number of rotatable bonds is 3. The smallest absolute Gasteiger partial charge is 0.0434 e. The second-order valence-electron chi connectivity index (χ2n) is 4.64. The van der Waals surface area contributed by atoms with Crippen molar-refractivity contribution in [3.63, 3.8) is 0 Å². The van der Waals surface area contributed by atoms with Crippen molar-refractivity contribution in [3.8, 4) is 0 Å². The maximum absolute atomic E-state index is 2.45. The van der Waals surface area contributed by atoms with Gasteiger partial charge in [-0.15, -0.1) is 0 Å². The Bertz CT molecular complexity index is 198. The Kier molecular flexibility index (Phi) is 3.85. The summed E-state index contributed by atoms with van der Waals surface area (Å²) in [5, 5.41) is 0. The molecule has 0 amide bonds. The summed E-state index contributed by atoms with van der Waals surface area (Å²) < 4.78 is 0. The molecule has 82 valence electrons. The van der Waals surface area contributed by atoms with Crippen molar-refractivity contribution in [1.29, 1.82) is 0 Å². The zero-order valence-corrected chi connectivity index (χ0v) is 10.2. The fourth-order valence-corrected chi connectivity index (χ4v) is 2.01. The van der Waals surface area contributed by atoms with E-state index in [0.717, 1.165) is 6.54 Å². The third-order valence-corrected chi connectivity index (χ3v) is 3.17. The van der Waals surface area contributed by atoms with E-state index < -0.39 is 0 Å². The molecule has 0 radical (unpaired) electrons. The van der Waals surface area contributed by atoms with Crippen LogP contribution in [-0.2, 0) is 0 Å². The van der Waals surface area contributed by atoms with Crippen LogP contribution >= 0.6 is 0 Å². The van der Waals surface area contributed by atoms with E-state index in [1.54, 1.807) is 0 Å². The summed E-state index contributed by atoms with van der Waals surface area (Å²) >= 11 is 0. The van der Waals surface area contributed by atoms with Crippen molar-refractivity contribution in [2.24, 2.45) is 0 Å². The van der Waals surface area contributed by atoms with Crippen LogP contribution in [0.3, 0.4) is 0 Å². The van der Waals surface area contributed by atoms with Crippen LogP contribution in [0.2, 0.25) is 0 Å². The molecule has 0 aromatic rings. The molecule has 0 N–H and O–H groups in total. The quantitative estimate of drug-likeness (QED) is 0.684. The molecule has 2 nitrogen and oxygen atoms in total. The van der Waals surface area contributed by atoms with Gasteiger partial charge in [0.2, 0.25) is 0 Å². The lowest BCUT2D eigenvalue weighted by molar-refractivity contribution is 0.144. The maximum Gasteiger partial charge on any atom is 0.0434 e. The summed E-state index contributed by atoms with van der Waals surface area (Å²) in [6.45, 7) is 12.5. The Morgan fingerprint density at radius 2 is 1.93 bits per heavy atom. The molecular formula is C12H24N2. The van der Waals surface area contributed by atoms with Gasteiger partial charge in [0.25, 0.3) is 0 Å². The van der Waals surface area contributed by atoms with Gasteiger partial charge in [-0.3, -0.25) is 0 Å². The summed E-state index contributed by atoms with van der Waals surface area (Å²) in [6, 6.07) is 1.91. The van der Waals surface area contributed by atoms with E-state index in [2.05, 4.69) is 56.8 Å². The van der Waals surface area contributed by atoms with Gasteiger partial charge in [-0.1, -0.05) is 6.92 Å². The van der Waals surface area contributed by atoms with Crippen LogP contribution in [0.1, 0.15) is 41.0 Å². The summed E-state index contributed by atoms with van der Waals surface area (Å²) in [4.78, 5) is 4.88. The van der Waals surface area contributed by atoms with Crippen LogP contribution in [0.5, 0.6) is 0 Å². The molecule has 1 unspecified atom stereocenters. The van der Waals surface area contributed by atoms with Crippen LogP contribution in [0.15, 0.2) is 12.4 Å². The minimum Gasteiger partial charge on any atom is -0.371 e. The lowest BCUT2D eigenvalue weighted by atomic mass is 10.1. The normalized spacial score (nSPS) is 24.6. The lowest BCUT2D eigenvalue weighted by Gasteiger charge is -2.41. The fraction of sp³-hybridized carbons (Fsp3) is 0.833. The molecular weight excluding hydrogens is 172 g/mol. The average Bonchev–Trinajstić information content (AvgIpc) is 2.15. The van der Waals surface area contributed by atoms with Crippen molar-refractivity contribution in [3.05, 3.63) is 12.4 Å². The standard InChI is InChI=1S/C12H24N2/c1-6-11(4)13-7-8-14(10(2)3)12(5)9-13/h7-8,10-12H,6,9H2,1-5H3/t11?,12-/m0/s1. The Balaban J connectivity index is 2.62. The largest absolute Gasteiger partial charge is 0.371 e. The molecule has 1 aliphatic heterocycles. The van der Waals surface area contributed by atoms with E-state index in [0.29, 0.717) is 18.1 Å². The predicted molar refractivity (Wildman–Crippen MR) is 62.0 cm³/mol. The molecule has 0 saturated carbocycles. The Morgan fingerprint density at radius 1 is 1.29 bits per heavy atom. The van der Waals surface area contributed by atoms with E-state index in [9.17, 15) is 0 Å². The van der Waals surface area contributed by atoms with E-state index in [1.807, 2.05) is 0 Å². The molecule has 2 atom stereocenters. The van der Waals surface area contributed by atoms with E-state index in [-0.39, 0.29) is 0 Å². The zero-order valence-electron chi connectivity index (χ0n) is 10.2. The Hall–Kier alpha value is -0.660. The van der Waals surface area contributed by atoms with Gasteiger partial charge >= 0.3 is 0 Å². The first kappa shape index (κ1) is 11.4. The van der Waals surface area contributed by atoms with Gasteiger partial charge in [-0.2, -0.15) is 0 Å². The van der Waals surface area contributed by atoms with Crippen LogP contribution in [0.4, 0.5) is 0 Å². The molecule has 1 rings (SSSR count). The summed E-state index contributed by atoms with van der Waals surface area (Å²) in [5.41, 5.74) is 0. The molecule has 14 heavy (non-hydrogen) atoms. The third kappa shape index (κ3) is 2.43. The second-order valence-corrected chi connectivity index (χ2v) is 4.64. The summed E-state index contributed by atoms with van der Waals surface area (Å²) in [5.74, 6) is 0. The molecule has 0 fully saturated rings. The fourth-order valence-electron chi connectivity index (χ4n) is 2.01. The van der Waals surface area contributed by atoms with Gasteiger partial charge in [0.05, 0.1) is 0 Å². The molecule has 0 saturated heterocycles. The first-order valence-corrected chi connectivity index (χ1v) is 5.77. The van der Waals surface area contributed by atoms with Gasteiger partial charge in [-0.05, 0) is 34.1 Å². The van der Waals surface area contributed by atoms with Crippen molar-refractivity contribution in [2.45, 2.75) is 59.2 Å². The molecule has 1 aliphatic rings. The van der Waals surface area contributed by atoms with Crippen LogP contribution in [0.25, 0.3) is 0 Å². The van der Waals surface area contributed by atoms with Gasteiger partial charge in [0, 0.05) is 37.1 Å². The highest BCUT2D eigenvalue weighted by atomic mass is 15.3. The first-order valence-electron chi connectivity index (χ1n) is 5.77. The van der Waals surface area contributed by atoms with E-state index in [1.165, 1.54) is 6.42 Å².